The zero-order chi connectivity index (χ0) is 25.7. The molecule has 3 unspecified atom stereocenters. The fourth-order valence-corrected chi connectivity index (χ4v) is 5.66. The van der Waals surface area contributed by atoms with E-state index in [1.807, 2.05) is 0 Å². The third-order valence-corrected chi connectivity index (χ3v) is 7.73. The van der Waals surface area contributed by atoms with Crippen LogP contribution in [0.15, 0.2) is 11.0 Å². The number of aliphatic hydroxyl groups excluding tert-OH is 1. The van der Waals surface area contributed by atoms with Gasteiger partial charge in [-0.2, -0.15) is 13.6 Å². The lowest BCUT2D eigenvalue weighted by atomic mass is 10.2. The molecule has 1 aliphatic rings. The topological polar surface area (TPSA) is 285 Å². The summed E-state index contributed by atoms with van der Waals surface area (Å²) in [5, 5.41) is 8.81. The zero-order valence-corrected chi connectivity index (χ0v) is 19.6. The standard InChI is InChI=1S/C13H21N4O14P3/c14-12-8(3-1-2-4-18)6-17(13(19)16-12)11-5-9(29-15)10(28-11)7-27-33(23,24)31-34(25,26)30-32(20,21)22/h6,9-11,18H,2,4-5,7,15H2,(H,23,24)(H,25,26)(H2,14,16,19)(H2,20,21,22)/t9?,10-,11-/m1/s1. The van der Waals surface area contributed by atoms with Gasteiger partial charge in [0.05, 0.1) is 18.8 Å². The molecule has 5 atom stereocenters. The van der Waals surface area contributed by atoms with Gasteiger partial charge < -0.3 is 35.2 Å². The van der Waals surface area contributed by atoms with Crippen LogP contribution in [0.25, 0.3) is 0 Å². The first-order valence-electron chi connectivity index (χ1n) is 8.94. The van der Waals surface area contributed by atoms with Gasteiger partial charge in [-0.25, -0.2) is 24.4 Å². The molecule has 0 aliphatic carbocycles. The Hall–Kier alpha value is -1.51. The van der Waals surface area contributed by atoms with Crippen molar-refractivity contribution < 1.29 is 61.1 Å². The molecule has 0 saturated carbocycles. The smallest absolute Gasteiger partial charge is 0.395 e. The summed E-state index contributed by atoms with van der Waals surface area (Å²) < 4.78 is 52.2. The van der Waals surface area contributed by atoms with Crippen molar-refractivity contribution in [3.8, 4) is 11.8 Å². The molecule has 1 saturated heterocycles. The lowest BCUT2D eigenvalue weighted by Crippen LogP contribution is -2.31. The van der Waals surface area contributed by atoms with E-state index < -0.39 is 54.2 Å². The van der Waals surface area contributed by atoms with E-state index in [1.165, 1.54) is 6.20 Å². The summed E-state index contributed by atoms with van der Waals surface area (Å²) in [5.74, 6) is 10.3. The molecule has 9 N–H and O–H groups in total. The van der Waals surface area contributed by atoms with Gasteiger partial charge in [0, 0.05) is 19.0 Å². The molecule has 0 spiro atoms. The van der Waals surface area contributed by atoms with Gasteiger partial charge in [-0.1, -0.05) is 11.8 Å². The Kier molecular flexibility index (Phi) is 9.70. The van der Waals surface area contributed by atoms with Gasteiger partial charge in [0.25, 0.3) is 0 Å². The second-order valence-electron chi connectivity index (χ2n) is 6.43. The van der Waals surface area contributed by atoms with Gasteiger partial charge in [0.1, 0.15) is 24.3 Å². The normalized spacial score (nSPS) is 24.1. The largest absolute Gasteiger partial charge is 0.490 e. The van der Waals surface area contributed by atoms with E-state index in [2.05, 4.69) is 30.0 Å². The summed E-state index contributed by atoms with van der Waals surface area (Å²) in [6.07, 6.45) is -2.04. The highest BCUT2D eigenvalue weighted by atomic mass is 31.3. The van der Waals surface area contributed by atoms with Crippen molar-refractivity contribution in [1.29, 1.82) is 0 Å². The number of phosphoric acid groups is 3. The maximum absolute atomic E-state index is 12.3. The summed E-state index contributed by atoms with van der Waals surface area (Å²) in [4.78, 5) is 56.4. The van der Waals surface area contributed by atoms with Crippen LogP contribution in [0, 0.1) is 11.8 Å². The van der Waals surface area contributed by atoms with Crippen molar-refractivity contribution in [3.05, 3.63) is 22.2 Å². The highest BCUT2D eigenvalue weighted by Crippen LogP contribution is 2.66. The second kappa shape index (κ2) is 11.5. The number of aliphatic hydroxyl groups is 1. The van der Waals surface area contributed by atoms with Crippen molar-refractivity contribution in [2.75, 3.05) is 18.9 Å². The van der Waals surface area contributed by atoms with Crippen LogP contribution in [0.5, 0.6) is 0 Å². The molecule has 0 aromatic carbocycles. The minimum absolute atomic E-state index is 0.0874. The molecule has 34 heavy (non-hydrogen) atoms. The third-order valence-electron chi connectivity index (χ3n) is 3.92. The fourth-order valence-electron chi connectivity index (χ4n) is 2.63. The van der Waals surface area contributed by atoms with Gasteiger partial charge in [-0.05, 0) is 0 Å². The number of ether oxygens (including phenoxy) is 1. The van der Waals surface area contributed by atoms with E-state index in [1.54, 1.807) is 0 Å². The van der Waals surface area contributed by atoms with E-state index >= 15 is 0 Å². The number of rotatable bonds is 10. The first-order chi connectivity index (χ1) is 15.7. The van der Waals surface area contributed by atoms with Crippen LogP contribution < -0.4 is 17.3 Å². The highest BCUT2D eigenvalue weighted by molar-refractivity contribution is 7.66. The number of nitrogen functional groups attached to an aromatic ring is 1. The van der Waals surface area contributed by atoms with Crippen molar-refractivity contribution in [1.82, 2.24) is 9.55 Å². The van der Waals surface area contributed by atoms with Crippen LogP contribution in [-0.2, 0) is 36.4 Å². The van der Waals surface area contributed by atoms with Crippen LogP contribution in [0.4, 0.5) is 5.82 Å². The maximum Gasteiger partial charge on any atom is 0.490 e. The number of aromatic nitrogens is 2. The van der Waals surface area contributed by atoms with Crippen molar-refractivity contribution in [2.45, 2.75) is 31.3 Å². The van der Waals surface area contributed by atoms with Crippen molar-refractivity contribution in [3.63, 3.8) is 0 Å². The van der Waals surface area contributed by atoms with Crippen LogP contribution in [0.1, 0.15) is 24.6 Å². The first-order valence-corrected chi connectivity index (χ1v) is 13.5. The molecular weight excluding hydrogens is 529 g/mol. The second-order valence-corrected chi connectivity index (χ2v) is 10.9. The molecule has 1 aromatic rings. The van der Waals surface area contributed by atoms with Crippen LogP contribution in [-0.4, -0.2) is 59.7 Å². The van der Waals surface area contributed by atoms with E-state index in [4.69, 9.17) is 36.1 Å². The number of nitrogens with two attached hydrogens (primary N) is 2. The number of phosphoric ester groups is 1. The number of hydrogen-bond donors (Lipinski definition) is 7. The monoisotopic (exact) mass is 550 g/mol. The summed E-state index contributed by atoms with van der Waals surface area (Å²) in [6, 6.07) is 0. The SMILES string of the molecule is NOC1C[C@H](n2cc(C#CCCO)c(N)nc2=O)O[C@@H]1COP(=O)(O)OP(=O)(O)OP(=O)(O)O. The molecule has 21 heteroatoms. The molecule has 0 bridgehead atoms. The van der Waals surface area contributed by atoms with Crippen LogP contribution >= 0.6 is 23.5 Å². The van der Waals surface area contributed by atoms with Crippen LogP contribution in [0.3, 0.4) is 0 Å². The van der Waals surface area contributed by atoms with Gasteiger partial charge in [0.2, 0.25) is 0 Å². The Morgan fingerprint density at radius 3 is 2.47 bits per heavy atom. The Morgan fingerprint density at radius 2 is 1.88 bits per heavy atom. The molecule has 1 aromatic heterocycles. The van der Waals surface area contributed by atoms with Gasteiger partial charge in [-0.15, -0.1) is 0 Å². The summed E-state index contributed by atoms with van der Waals surface area (Å²) in [7, 11) is -16.7. The quantitative estimate of drug-likeness (QED) is 0.0985. The number of hydrogen-bond acceptors (Lipinski definition) is 13. The van der Waals surface area contributed by atoms with E-state index in [0.717, 1.165) is 4.57 Å². The molecule has 1 fully saturated rings. The first kappa shape index (κ1) is 28.7. The Labute approximate surface area is 190 Å². The Morgan fingerprint density at radius 1 is 1.21 bits per heavy atom. The molecule has 0 amide bonds. The van der Waals surface area contributed by atoms with Gasteiger partial charge in [0.15, 0.2) is 0 Å². The number of anilines is 1. The van der Waals surface area contributed by atoms with E-state index in [9.17, 15) is 28.3 Å². The Bertz CT molecular complexity index is 1140. The third kappa shape index (κ3) is 8.61. The molecular formula is C13H21N4O14P3. The summed E-state index contributed by atoms with van der Waals surface area (Å²) >= 11 is 0. The molecule has 0 radical (unpaired) electrons. The summed E-state index contributed by atoms with van der Waals surface area (Å²) in [5.41, 5.74) is 4.98. The Balaban J connectivity index is 2.13. The predicted octanol–water partition coefficient (Wildman–Crippen LogP) is -1.55. The minimum atomic E-state index is -5.70. The average Bonchev–Trinajstić information content (AvgIpc) is 3.08. The maximum atomic E-state index is 12.3. The molecule has 1 aliphatic heterocycles. The zero-order valence-electron chi connectivity index (χ0n) is 16.9. The van der Waals surface area contributed by atoms with E-state index in [-0.39, 0.29) is 30.8 Å². The molecule has 2 rings (SSSR count). The van der Waals surface area contributed by atoms with Gasteiger partial charge >= 0.3 is 29.2 Å². The molecule has 2 heterocycles. The van der Waals surface area contributed by atoms with E-state index in [0.29, 0.717) is 0 Å². The minimum Gasteiger partial charge on any atom is -0.395 e. The lowest BCUT2D eigenvalue weighted by molar-refractivity contribution is -0.0618. The van der Waals surface area contributed by atoms with Crippen molar-refractivity contribution >= 4 is 29.3 Å². The molecule has 192 valence electrons. The molecule has 18 nitrogen and oxygen atoms in total. The highest BCUT2D eigenvalue weighted by Gasteiger charge is 2.43. The average molecular weight is 550 g/mol. The number of nitrogens with zero attached hydrogens (tertiary/aromatic N) is 2. The summed E-state index contributed by atoms with van der Waals surface area (Å²) in [6.45, 7) is -1.04. The fraction of sp³-hybridized carbons (Fsp3) is 0.538. The lowest BCUT2D eigenvalue weighted by Gasteiger charge is -2.20. The predicted molar refractivity (Wildman–Crippen MR) is 109 cm³/mol. The van der Waals surface area contributed by atoms with Crippen LogP contribution in [0.2, 0.25) is 0 Å². The van der Waals surface area contributed by atoms with Gasteiger partial charge in [-0.3, -0.25) is 13.9 Å². The van der Waals surface area contributed by atoms with Crippen molar-refractivity contribution in [2.24, 2.45) is 5.90 Å².